The first-order valence-electron chi connectivity index (χ1n) is 10.3. The van der Waals surface area contributed by atoms with Gasteiger partial charge in [-0.2, -0.15) is 0 Å². The number of fused-ring (bicyclic) bond motifs is 1. The summed E-state index contributed by atoms with van der Waals surface area (Å²) in [6.45, 7) is 1.90. The van der Waals surface area contributed by atoms with Crippen LogP contribution in [-0.2, 0) is 4.79 Å². The second kappa shape index (κ2) is 8.13. The highest BCUT2D eigenvalue weighted by Crippen LogP contribution is 2.28. The second-order valence-electron chi connectivity index (χ2n) is 7.61. The van der Waals surface area contributed by atoms with Crippen molar-refractivity contribution in [3.8, 4) is 11.5 Å². The Balaban J connectivity index is 1.35. The van der Waals surface area contributed by atoms with E-state index in [1.165, 1.54) is 0 Å². The van der Waals surface area contributed by atoms with Crippen LogP contribution in [0.3, 0.4) is 0 Å². The average Bonchev–Trinajstić information content (AvgIpc) is 3.45. The van der Waals surface area contributed by atoms with E-state index in [-0.39, 0.29) is 11.9 Å². The molecule has 3 aromatic carbocycles. The third-order valence-corrected chi connectivity index (χ3v) is 5.56. The lowest BCUT2D eigenvalue weighted by Gasteiger charge is -2.27. The van der Waals surface area contributed by atoms with E-state index in [0.29, 0.717) is 5.89 Å². The number of aromatic nitrogens is 1. The molecule has 1 saturated heterocycles. The van der Waals surface area contributed by atoms with Crippen LogP contribution in [0.1, 0.15) is 24.4 Å². The lowest BCUT2D eigenvalue weighted by atomic mass is 10.0. The molecule has 5 nitrogen and oxygen atoms in total. The van der Waals surface area contributed by atoms with Crippen LogP contribution in [-0.4, -0.2) is 28.9 Å². The van der Waals surface area contributed by atoms with E-state index in [1.54, 1.807) is 0 Å². The second-order valence-corrected chi connectivity index (χ2v) is 7.61. The summed E-state index contributed by atoms with van der Waals surface area (Å²) in [5.74, 6) is 0.575. The minimum Gasteiger partial charge on any atom is -0.436 e. The Morgan fingerprint density at radius 1 is 0.900 bits per heavy atom. The summed E-state index contributed by atoms with van der Waals surface area (Å²) in [6.07, 6.45) is 2.27. The number of benzene rings is 3. The summed E-state index contributed by atoms with van der Waals surface area (Å²) in [5.41, 5.74) is 4.27. The molecule has 1 aliphatic rings. The first-order valence-corrected chi connectivity index (χ1v) is 10.3. The molecule has 2 heterocycles. The lowest BCUT2D eigenvalue weighted by molar-refractivity contribution is -0.121. The van der Waals surface area contributed by atoms with Crippen LogP contribution in [0.15, 0.2) is 83.3 Å². The van der Waals surface area contributed by atoms with Gasteiger partial charge in [0.05, 0.1) is 0 Å². The van der Waals surface area contributed by atoms with E-state index in [9.17, 15) is 4.79 Å². The Morgan fingerprint density at radius 3 is 2.33 bits per heavy atom. The molecular weight excluding hydrogens is 374 g/mol. The van der Waals surface area contributed by atoms with Crippen LogP contribution < -0.4 is 5.32 Å². The van der Waals surface area contributed by atoms with Crippen molar-refractivity contribution >= 4 is 22.7 Å². The monoisotopic (exact) mass is 397 g/mol. The smallest absolute Gasteiger partial charge is 0.246 e. The summed E-state index contributed by atoms with van der Waals surface area (Å²) in [4.78, 5) is 20.0. The predicted octanol–water partition coefficient (Wildman–Crippen LogP) is 5.27. The highest BCUT2D eigenvalue weighted by molar-refractivity contribution is 5.95. The van der Waals surface area contributed by atoms with E-state index < -0.39 is 0 Å². The number of amides is 1. The minimum atomic E-state index is -0.273. The molecule has 0 spiro atoms. The van der Waals surface area contributed by atoms with Crippen LogP contribution in [0.25, 0.3) is 22.6 Å². The van der Waals surface area contributed by atoms with Gasteiger partial charge in [-0.3, -0.25) is 9.69 Å². The van der Waals surface area contributed by atoms with E-state index in [0.717, 1.165) is 53.8 Å². The van der Waals surface area contributed by atoms with Gasteiger partial charge in [-0.05, 0) is 67.9 Å². The van der Waals surface area contributed by atoms with Gasteiger partial charge in [0.15, 0.2) is 5.58 Å². The molecule has 5 rings (SSSR count). The molecule has 1 aromatic heterocycles. The largest absolute Gasteiger partial charge is 0.436 e. The van der Waals surface area contributed by atoms with Crippen molar-refractivity contribution in [3.63, 3.8) is 0 Å². The van der Waals surface area contributed by atoms with Crippen molar-refractivity contribution in [3.05, 3.63) is 84.4 Å². The Morgan fingerprint density at radius 2 is 1.60 bits per heavy atom. The summed E-state index contributed by atoms with van der Waals surface area (Å²) in [6, 6.07) is 25.1. The van der Waals surface area contributed by atoms with Crippen LogP contribution in [0.4, 0.5) is 5.69 Å². The maximum atomic E-state index is 13.2. The number of oxazole rings is 1. The summed E-state index contributed by atoms with van der Waals surface area (Å²) >= 11 is 0. The van der Waals surface area contributed by atoms with Gasteiger partial charge < -0.3 is 9.73 Å². The van der Waals surface area contributed by atoms with Crippen molar-refractivity contribution in [2.75, 3.05) is 18.4 Å². The van der Waals surface area contributed by atoms with Gasteiger partial charge in [0.2, 0.25) is 11.8 Å². The predicted molar refractivity (Wildman–Crippen MR) is 118 cm³/mol. The highest BCUT2D eigenvalue weighted by Gasteiger charge is 2.29. The molecular formula is C25H23N3O2. The fourth-order valence-electron chi connectivity index (χ4n) is 4.07. The molecule has 1 fully saturated rings. The Hall–Kier alpha value is -3.44. The van der Waals surface area contributed by atoms with Crippen LogP contribution in [0, 0.1) is 0 Å². The van der Waals surface area contributed by atoms with E-state index in [1.807, 2.05) is 78.9 Å². The van der Waals surface area contributed by atoms with Gasteiger partial charge >= 0.3 is 0 Å². The number of hydrogen-bond acceptors (Lipinski definition) is 4. The summed E-state index contributed by atoms with van der Waals surface area (Å²) < 4.78 is 5.83. The Labute approximate surface area is 175 Å². The van der Waals surface area contributed by atoms with Crippen LogP contribution in [0.2, 0.25) is 0 Å². The SMILES string of the molecule is O=C(Nc1ccc(-c2nc3ccccc3o2)cc1)C(c1ccccc1)N1CCCC1. The number of hydrogen-bond donors (Lipinski definition) is 1. The minimum absolute atomic E-state index is 0.00212. The van der Waals surface area contributed by atoms with E-state index >= 15 is 0 Å². The fraction of sp³-hybridized carbons (Fsp3) is 0.200. The molecule has 0 bridgehead atoms. The molecule has 5 heteroatoms. The zero-order valence-corrected chi connectivity index (χ0v) is 16.6. The number of carbonyl (C=O) groups excluding carboxylic acids is 1. The average molecular weight is 397 g/mol. The molecule has 0 saturated carbocycles. The quantitative estimate of drug-likeness (QED) is 0.498. The lowest BCUT2D eigenvalue weighted by Crippen LogP contribution is -2.35. The van der Waals surface area contributed by atoms with Gasteiger partial charge in [0.1, 0.15) is 11.6 Å². The van der Waals surface area contributed by atoms with Crippen LogP contribution in [0.5, 0.6) is 0 Å². The van der Waals surface area contributed by atoms with E-state index in [2.05, 4.69) is 15.2 Å². The maximum absolute atomic E-state index is 13.2. The van der Waals surface area contributed by atoms with Gasteiger partial charge in [-0.25, -0.2) is 4.98 Å². The van der Waals surface area contributed by atoms with Crippen LogP contribution >= 0.6 is 0 Å². The topological polar surface area (TPSA) is 58.4 Å². The number of likely N-dealkylation sites (tertiary alicyclic amines) is 1. The standard InChI is InChI=1S/C25H23N3O2/c29-24(23(28-16-6-7-17-28)18-8-2-1-3-9-18)26-20-14-12-19(13-15-20)25-27-21-10-4-5-11-22(21)30-25/h1-5,8-15,23H,6-7,16-17H2,(H,26,29). The third kappa shape index (κ3) is 3.72. The van der Waals surface area contributed by atoms with Gasteiger partial charge in [-0.1, -0.05) is 42.5 Å². The number of nitrogens with one attached hydrogen (secondary N) is 1. The first-order chi connectivity index (χ1) is 14.8. The molecule has 0 aliphatic carbocycles. The van der Waals surface area contributed by atoms with Crippen molar-refractivity contribution in [1.29, 1.82) is 0 Å². The number of rotatable bonds is 5. The maximum Gasteiger partial charge on any atom is 0.246 e. The normalized spacial score (nSPS) is 15.3. The Kier molecular flexibility index (Phi) is 5.03. The molecule has 4 aromatic rings. The van der Waals surface area contributed by atoms with Crippen molar-refractivity contribution < 1.29 is 9.21 Å². The number of para-hydroxylation sites is 2. The zero-order valence-electron chi connectivity index (χ0n) is 16.6. The molecule has 0 radical (unpaired) electrons. The number of carbonyl (C=O) groups is 1. The number of anilines is 1. The molecule has 1 amide bonds. The fourth-order valence-corrected chi connectivity index (χ4v) is 4.07. The highest BCUT2D eigenvalue weighted by atomic mass is 16.3. The molecule has 150 valence electrons. The molecule has 1 unspecified atom stereocenters. The summed E-state index contributed by atoms with van der Waals surface area (Å²) in [7, 11) is 0. The van der Waals surface area contributed by atoms with Gasteiger partial charge in [-0.15, -0.1) is 0 Å². The third-order valence-electron chi connectivity index (χ3n) is 5.56. The molecule has 1 N–H and O–H groups in total. The first kappa shape index (κ1) is 18.6. The van der Waals surface area contributed by atoms with Crippen molar-refractivity contribution in [2.45, 2.75) is 18.9 Å². The number of nitrogens with zero attached hydrogens (tertiary/aromatic N) is 2. The van der Waals surface area contributed by atoms with E-state index in [4.69, 9.17) is 4.42 Å². The summed E-state index contributed by atoms with van der Waals surface area (Å²) in [5, 5.41) is 3.09. The van der Waals surface area contributed by atoms with Crippen molar-refractivity contribution in [2.24, 2.45) is 0 Å². The zero-order chi connectivity index (χ0) is 20.3. The molecule has 1 atom stereocenters. The Bertz CT molecular complexity index is 1110. The van der Waals surface area contributed by atoms with Crippen molar-refractivity contribution in [1.82, 2.24) is 9.88 Å². The molecule has 30 heavy (non-hydrogen) atoms. The van der Waals surface area contributed by atoms with Gasteiger partial charge in [0.25, 0.3) is 0 Å². The molecule has 1 aliphatic heterocycles. The van der Waals surface area contributed by atoms with Gasteiger partial charge in [0, 0.05) is 11.3 Å².